The van der Waals surface area contributed by atoms with Crippen molar-refractivity contribution >= 4 is 11.8 Å². The molecule has 1 spiro atoms. The van der Waals surface area contributed by atoms with Gasteiger partial charge in [0.2, 0.25) is 0 Å². The number of cyclic esters (lactones) is 1. The van der Waals surface area contributed by atoms with Crippen LogP contribution in [-0.4, -0.2) is 139 Å². The van der Waals surface area contributed by atoms with Crippen molar-refractivity contribution in [3.8, 4) is 0 Å². The fraction of sp³-hybridized carbons (Fsp3) is 0.943. The number of Topliss-reactive ketones (excluding diaryl/α,β-unsaturated/α-hetero) is 1. The summed E-state index contributed by atoms with van der Waals surface area (Å²) in [5.41, 5.74) is -1.10. The van der Waals surface area contributed by atoms with Crippen molar-refractivity contribution in [2.24, 2.45) is 29.6 Å². The first-order valence-electron chi connectivity index (χ1n) is 17.7. The summed E-state index contributed by atoms with van der Waals surface area (Å²) in [7, 11) is 5.32. The number of rotatable bonds is 6. The first-order chi connectivity index (χ1) is 22.4. The van der Waals surface area contributed by atoms with E-state index in [1.165, 1.54) is 7.11 Å². The van der Waals surface area contributed by atoms with Crippen LogP contribution in [-0.2, 0) is 42.7 Å². The van der Waals surface area contributed by atoms with Gasteiger partial charge in [0, 0.05) is 37.3 Å². The average molecular weight is 688 g/mol. The number of esters is 1. The first kappa shape index (κ1) is 39.5. The number of ketones is 1. The molecule has 0 aromatic carbocycles. The molecule has 0 aliphatic carbocycles. The van der Waals surface area contributed by atoms with E-state index in [2.05, 4.69) is 0 Å². The summed E-state index contributed by atoms with van der Waals surface area (Å²) in [4.78, 5) is 29.7. The topological polar surface area (TPSA) is 166 Å². The molecule has 4 saturated heterocycles. The van der Waals surface area contributed by atoms with Crippen LogP contribution in [0.3, 0.4) is 0 Å². The lowest BCUT2D eigenvalue weighted by molar-refractivity contribution is -0.299. The van der Waals surface area contributed by atoms with E-state index in [0.717, 1.165) is 0 Å². The molecule has 4 aliphatic heterocycles. The maximum absolute atomic E-state index is 13.9. The standard InChI is InChI=1S/C35H61NO12/c1-16-14-35(15-43-35)32(40)19(4)27(37)18(3)22(7)46-33(41)21(6)31(47-26-13-25(42-11)28(38)23(8)45-26)20(5)30(16)48-34-29(39)24(36(9)10)12-17(2)44-34/h16-31,34,37-39H,12-15H2,1-11H3/t16-,17+,18-,19?,20+,21+,22+,23-,24-,25-,26-,27-,28-,29+,30-,31?,34-,35+/m1/s1. The second-order valence-corrected chi connectivity index (χ2v) is 15.3. The van der Waals surface area contributed by atoms with E-state index in [9.17, 15) is 24.9 Å². The van der Waals surface area contributed by atoms with Crippen molar-refractivity contribution in [3.05, 3.63) is 0 Å². The summed E-state index contributed by atoms with van der Waals surface area (Å²) in [6.45, 7) is 14.6. The van der Waals surface area contributed by atoms with E-state index < -0.39 is 96.7 Å². The molecule has 48 heavy (non-hydrogen) atoms. The third kappa shape index (κ3) is 8.43. The largest absolute Gasteiger partial charge is 0.462 e. The molecular weight excluding hydrogens is 626 g/mol. The van der Waals surface area contributed by atoms with Crippen LogP contribution in [0.5, 0.6) is 0 Å². The summed E-state index contributed by atoms with van der Waals surface area (Å²) < 4.78 is 43.0. The highest BCUT2D eigenvalue weighted by Gasteiger charge is 2.57. The second kappa shape index (κ2) is 16.0. The van der Waals surface area contributed by atoms with Crippen molar-refractivity contribution in [3.63, 3.8) is 0 Å². The molecule has 3 N–H and O–H groups in total. The van der Waals surface area contributed by atoms with Gasteiger partial charge in [-0.2, -0.15) is 0 Å². The molecule has 2 unspecified atom stereocenters. The highest BCUT2D eigenvalue weighted by molar-refractivity contribution is 5.92. The maximum atomic E-state index is 13.9. The number of aliphatic hydroxyl groups is 3. The minimum Gasteiger partial charge on any atom is -0.462 e. The molecule has 4 rings (SSSR count). The van der Waals surface area contributed by atoms with Crippen molar-refractivity contribution in [1.82, 2.24) is 4.90 Å². The van der Waals surface area contributed by atoms with Crippen LogP contribution in [0, 0.1) is 29.6 Å². The van der Waals surface area contributed by atoms with Crippen LogP contribution in [0.2, 0.25) is 0 Å². The molecule has 0 amide bonds. The highest BCUT2D eigenvalue weighted by atomic mass is 16.7. The van der Waals surface area contributed by atoms with E-state index in [4.69, 9.17) is 33.2 Å². The normalized spacial score (nSPS) is 49.9. The molecule has 0 aromatic heterocycles. The number of methoxy groups -OCH3 is 1. The van der Waals surface area contributed by atoms with Gasteiger partial charge in [-0.3, -0.25) is 9.59 Å². The van der Waals surface area contributed by atoms with E-state index in [-0.39, 0.29) is 43.3 Å². The van der Waals surface area contributed by atoms with Gasteiger partial charge in [0.15, 0.2) is 24.0 Å². The number of carbonyl (C=O) groups is 2. The Bertz CT molecular complexity index is 1090. The highest BCUT2D eigenvalue weighted by Crippen LogP contribution is 2.43. The van der Waals surface area contributed by atoms with Gasteiger partial charge in [0.1, 0.15) is 18.3 Å². The molecule has 13 nitrogen and oxygen atoms in total. The minimum atomic E-state index is -1.10. The summed E-state index contributed by atoms with van der Waals surface area (Å²) in [6, 6.07) is -0.219. The molecule has 13 heteroatoms. The van der Waals surface area contributed by atoms with Gasteiger partial charge >= 0.3 is 5.97 Å². The maximum Gasteiger partial charge on any atom is 0.311 e. The molecular formula is C35H61NO12. The average Bonchev–Trinajstić information content (AvgIpc) is 3.82. The minimum absolute atomic E-state index is 0.198. The Morgan fingerprint density at radius 2 is 1.44 bits per heavy atom. The first-order valence-corrected chi connectivity index (χ1v) is 17.7. The van der Waals surface area contributed by atoms with Crippen molar-refractivity contribution < 1.29 is 58.1 Å². The van der Waals surface area contributed by atoms with Gasteiger partial charge in [-0.1, -0.05) is 27.7 Å². The Balaban J connectivity index is 1.75. The van der Waals surface area contributed by atoms with Crippen LogP contribution >= 0.6 is 0 Å². The SMILES string of the molecule is CO[C@@H]1C[C@@H](OC2[C@H](C)C(=O)O[C@@H](C)[C@@H](C)[C@@H](O)C(C)C(=O)[C@@]3(CO3)C[C@@H](C)[C@@H](O[C@H]3O[C@@H](C)C[C@@H](N(C)C)[C@@H]3O)[C@@H]2C)O[C@H](C)[C@H]1O. The van der Waals surface area contributed by atoms with Gasteiger partial charge in [0.05, 0.1) is 49.1 Å². The van der Waals surface area contributed by atoms with Crippen LogP contribution in [0.25, 0.3) is 0 Å². The smallest absolute Gasteiger partial charge is 0.311 e. The third-order valence-electron chi connectivity index (χ3n) is 11.4. The lowest BCUT2D eigenvalue weighted by Crippen LogP contribution is -2.57. The lowest BCUT2D eigenvalue weighted by atomic mass is 9.76. The van der Waals surface area contributed by atoms with Crippen molar-refractivity contribution in [1.29, 1.82) is 0 Å². The molecule has 18 atom stereocenters. The summed E-state index contributed by atoms with van der Waals surface area (Å²) in [6.07, 6.45) is -7.15. The molecule has 0 saturated carbocycles. The molecule has 278 valence electrons. The zero-order chi connectivity index (χ0) is 35.8. The van der Waals surface area contributed by atoms with E-state index >= 15 is 0 Å². The third-order valence-corrected chi connectivity index (χ3v) is 11.4. The van der Waals surface area contributed by atoms with E-state index in [1.807, 2.05) is 39.8 Å². The number of epoxide rings is 1. The molecule has 4 fully saturated rings. The zero-order valence-corrected chi connectivity index (χ0v) is 30.6. The number of hydrogen-bond donors (Lipinski definition) is 3. The number of hydrogen-bond acceptors (Lipinski definition) is 13. The molecule has 4 aliphatic rings. The molecule has 0 bridgehead atoms. The lowest BCUT2D eigenvalue weighted by Gasteiger charge is -2.46. The Kier molecular flexibility index (Phi) is 13.1. The van der Waals surface area contributed by atoms with Crippen LogP contribution in [0.1, 0.15) is 74.7 Å². The zero-order valence-electron chi connectivity index (χ0n) is 30.6. The number of aliphatic hydroxyl groups excluding tert-OH is 3. The van der Waals surface area contributed by atoms with Crippen LogP contribution < -0.4 is 0 Å². The van der Waals surface area contributed by atoms with Gasteiger partial charge in [0.25, 0.3) is 0 Å². The number of likely N-dealkylation sites (N-methyl/N-ethyl adjacent to an activating group) is 1. The van der Waals surface area contributed by atoms with E-state index in [0.29, 0.717) is 6.42 Å². The van der Waals surface area contributed by atoms with Gasteiger partial charge in [-0.25, -0.2) is 0 Å². The quantitative estimate of drug-likeness (QED) is 0.274. The summed E-state index contributed by atoms with van der Waals surface area (Å²) in [5, 5.41) is 33.3. The van der Waals surface area contributed by atoms with Crippen LogP contribution in [0.4, 0.5) is 0 Å². The summed E-state index contributed by atoms with van der Waals surface area (Å²) in [5.74, 6) is -3.74. The Morgan fingerprint density at radius 3 is 2.02 bits per heavy atom. The van der Waals surface area contributed by atoms with Gasteiger partial charge < -0.3 is 53.4 Å². The fourth-order valence-electron chi connectivity index (χ4n) is 7.89. The Morgan fingerprint density at radius 1 is 0.792 bits per heavy atom. The Labute approximate surface area is 285 Å². The molecule has 0 aromatic rings. The Hall–Kier alpha value is -1.26. The predicted molar refractivity (Wildman–Crippen MR) is 174 cm³/mol. The van der Waals surface area contributed by atoms with Gasteiger partial charge in [-0.05, 0) is 60.5 Å². The fourth-order valence-corrected chi connectivity index (χ4v) is 7.89. The van der Waals surface area contributed by atoms with E-state index in [1.54, 1.807) is 34.6 Å². The predicted octanol–water partition coefficient (Wildman–Crippen LogP) is 1.91. The molecule has 0 radical (unpaired) electrons. The van der Waals surface area contributed by atoms with Crippen molar-refractivity contribution in [2.45, 2.75) is 154 Å². The molecule has 4 heterocycles. The van der Waals surface area contributed by atoms with Crippen LogP contribution in [0.15, 0.2) is 0 Å². The second-order valence-electron chi connectivity index (χ2n) is 15.3. The number of carbonyl (C=O) groups excluding carboxylic acids is 2. The van der Waals surface area contributed by atoms with Crippen molar-refractivity contribution in [2.75, 3.05) is 27.8 Å². The monoisotopic (exact) mass is 687 g/mol. The number of nitrogens with zero attached hydrogens (tertiary/aromatic N) is 1. The summed E-state index contributed by atoms with van der Waals surface area (Å²) >= 11 is 0. The van der Waals surface area contributed by atoms with Gasteiger partial charge in [-0.15, -0.1) is 0 Å². The number of ether oxygens (including phenoxy) is 7.